The molecule has 0 bridgehead atoms. The number of carbonyl (C=O) groups excluding carboxylic acids is 1. The van der Waals surface area contributed by atoms with E-state index in [-0.39, 0.29) is 22.8 Å². The third-order valence-corrected chi connectivity index (χ3v) is 5.35. The average Bonchev–Trinajstić information content (AvgIpc) is 3.20. The number of rotatable bonds is 7. The van der Waals surface area contributed by atoms with Gasteiger partial charge in [-0.05, 0) is 24.3 Å². The van der Waals surface area contributed by atoms with E-state index in [1.807, 2.05) is 0 Å². The highest BCUT2D eigenvalue weighted by Crippen LogP contribution is 2.39. The predicted octanol–water partition coefficient (Wildman–Crippen LogP) is 5.60. The van der Waals surface area contributed by atoms with Crippen molar-refractivity contribution in [1.82, 2.24) is 0 Å². The molecule has 1 aliphatic rings. The van der Waals surface area contributed by atoms with Crippen molar-refractivity contribution >= 4 is 11.9 Å². The Kier molecular flexibility index (Phi) is 6.73. The van der Waals surface area contributed by atoms with Gasteiger partial charge in [0.05, 0.1) is 32.5 Å². The van der Waals surface area contributed by atoms with Gasteiger partial charge in [0, 0.05) is 17.7 Å². The molecular formula is C25H17F5O6. The van der Waals surface area contributed by atoms with Crippen LogP contribution in [-0.4, -0.2) is 27.1 Å². The van der Waals surface area contributed by atoms with E-state index in [0.29, 0.717) is 22.8 Å². The van der Waals surface area contributed by atoms with Gasteiger partial charge in [-0.1, -0.05) is 0 Å². The van der Waals surface area contributed by atoms with Crippen LogP contribution in [0.15, 0.2) is 36.1 Å². The van der Waals surface area contributed by atoms with Crippen molar-refractivity contribution in [3.63, 3.8) is 0 Å². The van der Waals surface area contributed by atoms with Crippen molar-refractivity contribution in [3.8, 4) is 28.7 Å². The molecule has 0 N–H and O–H groups in total. The van der Waals surface area contributed by atoms with Crippen LogP contribution in [0, 0.1) is 29.1 Å². The Bertz CT molecular complexity index is 1370. The number of hydrogen-bond donors (Lipinski definition) is 0. The van der Waals surface area contributed by atoms with Crippen molar-refractivity contribution in [2.75, 3.05) is 21.3 Å². The van der Waals surface area contributed by atoms with Crippen molar-refractivity contribution in [2.45, 2.75) is 6.61 Å². The zero-order chi connectivity index (χ0) is 26.1. The normalized spacial score (nSPS) is 13.4. The molecule has 0 radical (unpaired) electrons. The lowest BCUT2D eigenvalue weighted by atomic mass is 10.1. The van der Waals surface area contributed by atoms with E-state index in [4.69, 9.17) is 23.7 Å². The number of methoxy groups -OCH3 is 3. The van der Waals surface area contributed by atoms with E-state index < -0.39 is 47.0 Å². The number of carbonyl (C=O) groups is 1. The summed E-state index contributed by atoms with van der Waals surface area (Å²) < 4.78 is 94.5. The first-order chi connectivity index (χ1) is 17.2. The second-order valence-corrected chi connectivity index (χ2v) is 7.38. The summed E-state index contributed by atoms with van der Waals surface area (Å²) in [7, 11) is 4.34. The molecule has 4 rings (SSSR count). The molecule has 1 heterocycles. The predicted molar refractivity (Wildman–Crippen MR) is 116 cm³/mol. The van der Waals surface area contributed by atoms with Crippen LogP contribution in [-0.2, 0) is 6.61 Å². The first kappa shape index (κ1) is 24.8. The van der Waals surface area contributed by atoms with Gasteiger partial charge in [-0.2, -0.15) is 0 Å². The molecule has 188 valence electrons. The summed E-state index contributed by atoms with van der Waals surface area (Å²) in [6.07, 6.45) is 1.43. The number of hydrogen-bond acceptors (Lipinski definition) is 6. The van der Waals surface area contributed by atoms with Crippen LogP contribution in [0.1, 0.15) is 21.5 Å². The first-order valence-electron chi connectivity index (χ1n) is 10.2. The monoisotopic (exact) mass is 508 g/mol. The Labute approximate surface area is 201 Å². The van der Waals surface area contributed by atoms with Crippen molar-refractivity contribution < 1.29 is 50.4 Å². The fourth-order valence-corrected chi connectivity index (χ4v) is 3.50. The van der Waals surface area contributed by atoms with Gasteiger partial charge >= 0.3 is 0 Å². The second-order valence-electron chi connectivity index (χ2n) is 7.38. The maximum Gasteiger partial charge on any atom is 0.231 e. The second kappa shape index (κ2) is 9.76. The Morgan fingerprint density at radius 1 is 0.778 bits per heavy atom. The van der Waals surface area contributed by atoms with Gasteiger partial charge in [0.25, 0.3) is 0 Å². The molecule has 6 nitrogen and oxygen atoms in total. The highest BCUT2D eigenvalue weighted by Gasteiger charge is 2.29. The topological polar surface area (TPSA) is 63.2 Å². The summed E-state index contributed by atoms with van der Waals surface area (Å²) in [6, 6.07) is 7.06. The molecule has 0 unspecified atom stereocenters. The third-order valence-electron chi connectivity index (χ3n) is 5.35. The molecular weight excluding hydrogens is 491 g/mol. The van der Waals surface area contributed by atoms with Crippen LogP contribution in [0.3, 0.4) is 0 Å². The summed E-state index contributed by atoms with van der Waals surface area (Å²) >= 11 is 0. The number of halogens is 5. The van der Waals surface area contributed by atoms with E-state index in [1.54, 1.807) is 12.1 Å². The van der Waals surface area contributed by atoms with Crippen LogP contribution in [0.2, 0.25) is 0 Å². The quantitative estimate of drug-likeness (QED) is 0.179. The molecule has 1 aliphatic heterocycles. The van der Waals surface area contributed by atoms with Gasteiger partial charge in [-0.3, -0.25) is 4.79 Å². The van der Waals surface area contributed by atoms with Crippen LogP contribution in [0.5, 0.6) is 28.7 Å². The van der Waals surface area contributed by atoms with Gasteiger partial charge in [0.15, 0.2) is 40.5 Å². The van der Waals surface area contributed by atoms with E-state index in [2.05, 4.69) is 0 Å². The third kappa shape index (κ3) is 4.28. The molecule has 0 saturated carbocycles. The lowest BCUT2D eigenvalue weighted by Gasteiger charge is -2.12. The zero-order valence-corrected chi connectivity index (χ0v) is 19.0. The number of ether oxygens (including phenoxy) is 5. The highest BCUT2D eigenvalue weighted by atomic mass is 19.2. The van der Waals surface area contributed by atoms with Gasteiger partial charge < -0.3 is 23.7 Å². The maximum absolute atomic E-state index is 13.9. The van der Waals surface area contributed by atoms with Crippen LogP contribution in [0.4, 0.5) is 22.0 Å². The number of allylic oxidation sites excluding steroid dienone is 1. The standard InChI is InChI=1S/C25H17F5O6/c1-32-15-9-18(34-3)17(33-2)6-11(15)7-19-25(31)13-5-4-12(8-16(13)36-19)35-10-14-20(26)22(28)24(30)23(29)21(14)27/h4-9H,10H2,1-3H3. The Balaban J connectivity index is 1.60. The maximum atomic E-state index is 13.9. The number of Topliss-reactive ketones (excluding diaryl/α,β-unsaturated/α-hetero) is 1. The fraction of sp³-hybridized carbons (Fsp3) is 0.160. The summed E-state index contributed by atoms with van der Waals surface area (Å²) in [6.45, 7) is -0.954. The molecule has 0 saturated heterocycles. The van der Waals surface area contributed by atoms with Gasteiger partial charge in [-0.15, -0.1) is 0 Å². The van der Waals surface area contributed by atoms with Crippen molar-refractivity contribution in [3.05, 3.63) is 81.9 Å². The van der Waals surface area contributed by atoms with E-state index >= 15 is 0 Å². The van der Waals surface area contributed by atoms with Gasteiger partial charge in [0.1, 0.15) is 23.9 Å². The number of fused-ring (bicyclic) bond motifs is 1. The first-order valence-corrected chi connectivity index (χ1v) is 10.2. The Morgan fingerprint density at radius 2 is 1.36 bits per heavy atom. The minimum atomic E-state index is -2.26. The molecule has 11 heteroatoms. The lowest BCUT2D eigenvalue weighted by molar-refractivity contribution is 0.101. The largest absolute Gasteiger partial charge is 0.496 e. The molecule has 0 aliphatic carbocycles. The summed E-state index contributed by atoms with van der Waals surface area (Å²) in [5.41, 5.74) is -0.511. The van der Waals surface area contributed by atoms with E-state index in [0.717, 1.165) is 0 Å². The molecule has 0 atom stereocenters. The Hall–Kier alpha value is -4.28. The minimum absolute atomic E-state index is 0.0320. The molecule has 0 fully saturated rings. The molecule has 36 heavy (non-hydrogen) atoms. The van der Waals surface area contributed by atoms with Crippen LogP contribution >= 0.6 is 0 Å². The van der Waals surface area contributed by atoms with E-state index in [9.17, 15) is 26.7 Å². The van der Waals surface area contributed by atoms with Crippen LogP contribution < -0.4 is 23.7 Å². The van der Waals surface area contributed by atoms with E-state index in [1.165, 1.54) is 45.6 Å². The smallest absolute Gasteiger partial charge is 0.231 e. The number of ketones is 1. The average molecular weight is 508 g/mol. The highest BCUT2D eigenvalue weighted by molar-refractivity contribution is 6.14. The summed E-state index contributed by atoms with van der Waals surface area (Å²) in [5, 5.41) is 0. The molecule has 3 aromatic carbocycles. The fourth-order valence-electron chi connectivity index (χ4n) is 3.50. The molecule has 0 amide bonds. The van der Waals surface area contributed by atoms with Gasteiger partial charge in [0.2, 0.25) is 11.6 Å². The zero-order valence-electron chi connectivity index (χ0n) is 19.0. The summed E-state index contributed by atoms with van der Waals surface area (Å²) in [5.74, 6) is -9.71. The SMILES string of the molecule is COc1cc(OC)c(OC)cc1C=C1Oc2cc(OCc3c(F)c(F)c(F)c(F)c3F)ccc2C1=O. The van der Waals surface area contributed by atoms with Crippen molar-refractivity contribution in [2.24, 2.45) is 0 Å². The molecule has 0 aromatic heterocycles. The van der Waals surface area contributed by atoms with Gasteiger partial charge in [-0.25, -0.2) is 22.0 Å². The van der Waals surface area contributed by atoms with Crippen molar-refractivity contribution in [1.29, 1.82) is 0 Å². The summed E-state index contributed by atoms with van der Waals surface area (Å²) in [4.78, 5) is 12.8. The molecule has 3 aromatic rings. The lowest BCUT2D eigenvalue weighted by Crippen LogP contribution is -2.09. The molecule has 0 spiro atoms. The van der Waals surface area contributed by atoms with Crippen LogP contribution in [0.25, 0.3) is 6.08 Å². The number of benzene rings is 3. The Morgan fingerprint density at radius 3 is 1.97 bits per heavy atom. The minimum Gasteiger partial charge on any atom is -0.496 e.